The summed E-state index contributed by atoms with van der Waals surface area (Å²) >= 11 is 13.0. The average Bonchev–Trinajstić information content (AvgIpc) is 3.17. The Balaban J connectivity index is 1.60. The maximum atomic E-state index is 14.1. The summed E-state index contributed by atoms with van der Waals surface area (Å²) in [4.78, 5) is 28.8. The van der Waals surface area contributed by atoms with Gasteiger partial charge in [0.25, 0.3) is 11.5 Å². The zero-order chi connectivity index (χ0) is 23.3. The first-order chi connectivity index (χ1) is 15.0. The lowest BCUT2D eigenvalue weighted by Gasteiger charge is -2.29. The predicted molar refractivity (Wildman–Crippen MR) is 116 cm³/mol. The van der Waals surface area contributed by atoms with E-state index in [1.54, 1.807) is 13.0 Å². The Kier molecular flexibility index (Phi) is 5.94. The Morgan fingerprint density at radius 2 is 1.91 bits per heavy atom. The number of hydrogen-bond acceptors (Lipinski definition) is 5. The van der Waals surface area contributed by atoms with E-state index in [0.29, 0.717) is 22.4 Å². The second-order valence-corrected chi connectivity index (χ2v) is 9.37. The number of aryl methyl sites for hydroxylation is 1. The number of hydrogen-bond donors (Lipinski definition) is 1. The van der Waals surface area contributed by atoms with Gasteiger partial charge in [0, 0.05) is 33.3 Å². The highest BCUT2D eigenvalue weighted by Gasteiger charge is 2.62. The first-order valence-electron chi connectivity index (χ1n) is 9.37. The van der Waals surface area contributed by atoms with E-state index in [-0.39, 0.29) is 26.4 Å². The van der Waals surface area contributed by atoms with Gasteiger partial charge in [-0.05, 0) is 48.4 Å². The summed E-state index contributed by atoms with van der Waals surface area (Å²) in [6.07, 6.45) is -5.39. The van der Waals surface area contributed by atoms with Gasteiger partial charge in [0.15, 0.2) is 0 Å². The van der Waals surface area contributed by atoms with E-state index in [2.05, 4.69) is 10.5 Å². The molecule has 1 amide bonds. The SMILES string of the molecule is Cc1cc(C2=NO[C@@](c3cc(Cl)cc(Cl)c3)(C(F)(F)F)C2)ccc1C(=O)NC1CSC1=O. The van der Waals surface area contributed by atoms with Crippen LogP contribution in [0.5, 0.6) is 0 Å². The van der Waals surface area contributed by atoms with Crippen molar-refractivity contribution < 1.29 is 27.6 Å². The molecule has 1 N–H and O–H groups in total. The Hall–Kier alpha value is -2.23. The average molecular weight is 503 g/mol. The molecular weight excluding hydrogens is 488 g/mol. The molecule has 4 rings (SSSR count). The monoisotopic (exact) mass is 502 g/mol. The summed E-state index contributed by atoms with van der Waals surface area (Å²) < 4.78 is 42.4. The van der Waals surface area contributed by atoms with Crippen molar-refractivity contribution in [3.8, 4) is 0 Å². The van der Waals surface area contributed by atoms with Crippen LogP contribution in [0.15, 0.2) is 41.6 Å². The number of thioether (sulfide) groups is 1. The van der Waals surface area contributed by atoms with Crippen molar-refractivity contribution in [3.63, 3.8) is 0 Å². The quantitative estimate of drug-likeness (QED) is 0.619. The van der Waals surface area contributed by atoms with Crippen molar-refractivity contribution in [1.82, 2.24) is 5.32 Å². The summed E-state index contributed by atoms with van der Waals surface area (Å²) in [5.41, 5.74) is -1.69. The molecule has 2 aliphatic heterocycles. The van der Waals surface area contributed by atoms with E-state index >= 15 is 0 Å². The molecule has 0 spiro atoms. The van der Waals surface area contributed by atoms with Crippen LogP contribution in [0.25, 0.3) is 0 Å². The maximum absolute atomic E-state index is 14.1. The third-order valence-corrected chi connectivity index (χ3v) is 6.81. The lowest BCUT2D eigenvalue weighted by Crippen LogP contribution is -2.47. The molecule has 0 bridgehead atoms. The van der Waals surface area contributed by atoms with Gasteiger partial charge in [-0.2, -0.15) is 13.2 Å². The smallest absolute Gasteiger partial charge is 0.374 e. The second kappa shape index (κ2) is 8.28. The van der Waals surface area contributed by atoms with Crippen molar-refractivity contribution in [1.29, 1.82) is 0 Å². The number of nitrogens with zero attached hydrogens (tertiary/aromatic N) is 1. The van der Waals surface area contributed by atoms with E-state index < -0.39 is 30.1 Å². The predicted octanol–water partition coefficient (Wildman–Crippen LogP) is 5.26. The van der Waals surface area contributed by atoms with Crippen LogP contribution in [-0.2, 0) is 15.2 Å². The Morgan fingerprint density at radius 3 is 2.44 bits per heavy atom. The summed E-state index contributed by atoms with van der Waals surface area (Å²) in [7, 11) is 0. The highest BCUT2D eigenvalue weighted by Crippen LogP contribution is 2.49. The molecular formula is C21H15Cl2F3N2O3S. The summed E-state index contributed by atoms with van der Waals surface area (Å²) in [6.45, 7) is 1.65. The van der Waals surface area contributed by atoms with Crippen molar-refractivity contribution in [2.45, 2.75) is 31.2 Å². The molecule has 11 heteroatoms. The van der Waals surface area contributed by atoms with Crippen molar-refractivity contribution in [2.75, 3.05) is 5.75 Å². The molecule has 1 saturated heterocycles. The van der Waals surface area contributed by atoms with Crippen LogP contribution in [0.3, 0.4) is 0 Å². The number of halogens is 5. The van der Waals surface area contributed by atoms with E-state index in [1.165, 1.54) is 18.2 Å². The molecule has 0 saturated carbocycles. The number of amides is 1. The molecule has 5 nitrogen and oxygen atoms in total. The Labute approximate surface area is 195 Å². The van der Waals surface area contributed by atoms with Crippen molar-refractivity contribution >= 4 is 51.7 Å². The molecule has 32 heavy (non-hydrogen) atoms. The van der Waals surface area contributed by atoms with Crippen LogP contribution >= 0.6 is 35.0 Å². The third-order valence-electron chi connectivity index (χ3n) is 5.30. The van der Waals surface area contributed by atoms with Gasteiger partial charge in [0.2, 0.25) is 5.12 Å². The van der Waals surface area contributed by atoms with E-state index in [4.69, 9.17) is 28.0 Å². The molecule has 2 atom stereocenters. The zero-order valence-corrected chi connectivity index (χ0v) is 18.8. The number of nitrogens with one attached hydrogen (secondary N) is 1. The fourth-order valence-corrected chi connectivity index (χ4v) is 4.65. The fraction of sp³-hybridized carbons (Fsp3) is 0.286. The third kappa shape index (κ3) is 4.09. The molecule has 168 valence electrons. The molecule has 1 fully saturated rings. The van der Waals surface area contributed by atoms with Crippen molar-refractivity contribution in [3.05, 3.63) is 68.7 Å². The molecule has 2 aromatic rings. The van der Waals surface area contributed by atoms with Gasteiger partial charge >= 0.3 is 6.18 Å². The number of rotatable bonds is 4. The molecule has 2 heterocycles. The highest BCUT2D eigenvalue weighted by atomic mass is 35.5. The summed E-state index contributed by atoms with van der Waals surface area (Å²) in [5, 5.41) is 6.35. The highest BCUT2D eigenvalue weighted by molar-refractivity contribution is 8.16. The first-order valence-corrected chi connectivity index (χ1v) is 11.1. The Bertz CT molecular complexity index is 1140. The number of carbonyl (C=O) groups excluding carboxylic acids is 2. The minimum atomic E-state index is -4.80. The lowest BCUT2D eigenvalue weighted by molar-refractivity contribution is -0.275. The second-order valence-electron chi connectivity index (χ2n) is 7.47. The van der Waals surface area contributed by atoms with Crippen molar-refractivity contribution in [2.24, 2.45) is 5.16 Å². The number of oxime groups is 1. The van der Waals surface area contributed by atoms with Crippen LogP contribution < -0.4 is 5.32 Å². The zero-order valence-electron chi connectivity index (χ0n) is 16.4. The van der Waals surface area contributed by atoms with Gasteiger partial charge in [0.1, 0.15) is 6.04 Å². The standard InChI is InChI=1S/C21H15Cl2F3N2O3S/c1-10-4-11(2-3-15(10)18(29)27-17-9-32-19(17)30)16-8-20(31-28-16,21(24,25)26)12-5-13(22)7-14(23)6-12/h2-7,17H,8-9H2,1H3,(H,27,29)/t17?,20-/m0/s1. The van der Waals surface area contributed by atoms with Gasteiger partial charge in [-0.15, -0.1) is 0 Å². The van der Waals surface area contributed by atoms with E-state index in [1.807, 2.05) is 0 Å². The van der Waals surface area contributed by atoms with Crippen LogP contribution in [0, 0.1) is 6.92 Å². The first kappa shape index (κ1) is 22.9. The molecule has 1 unspecified atom stereocenters. The van der Waals surface area contributed by atoms with E-state index in [0.717, 1.165) is 23.9 Å². The van der Waals surface area contributed by atoms with Gasteiger partial charge in [0.05, 0.1) is 5.71 Å². The van der Waals surface area contributed by atoms with Crippen LogP contribution in [-0.4, -0.2) is 34.7 Å². The minimum absolute atomic E-state index is 0.0442. The molecule has 2 aromatic carbocycles. The largest absolute Gasteiger partial charge is 0.435 e. The Morgan fingerprint density at radius 1 is 1.22 bits per heavy atom. The molecule has 0 radical (unpaired) electrons. The maximum Gasteiger partial charge on any atom is 0.435 e. The van der Waals surface area contributed by atoms with Gasteiger partial charge < -0.3 is 10.2 Å². The fourth-order valence-electron chi connectivity index (χ4n) is 3.51. The number of carbonyl (C=O) groups is 2. The molecule has 0 aliphatic carbocycles. The normalized spacial score (nSPS) is 22.8. The lowest BCUT2D eigenvalue weighted by atomic mass is 9.86. The summed E-state index contributed by atoms with van der Waals surface area (Å²) in [6, 6.07) is 7.66. The summed E-state index contributed by atoms with van der Waals surface area (Å²) in [5.74, 6) is 0.0959. The van der Waals surface area contributed by atoms with Gasteiger partial charge in [-0.1, -0.05) is 46.2 Å². The number of benzene rings is 2. The molecule has 2 aliphatic rings. The topological polar surface area (TPSA) is 67.8 Å². The van der Waals surface area contributed by atoms with Crippen LogP contribution in [0.2, 0.25) is 10.0 Å². The van der Waals surface area contributed by atoms with Crippen LogP contribution in [0.1, 0.15) is 33.5 Å². The van der Waals surface area contributed by atoms with Gasteiger partial charge in [-0.3, -0.25) is 9.59 Å². The van der Waals surface area contributed by atoms with E-state index in [9.17, 15) is 22.8 Å². The van der Waals surface area contributed by atoms with Gasteiger partial charge in [-0.25, -0.2) is 0 Å². The molecule has 0 aromatic heterocycles. The van der Waals surface area contributed by atoms with Crippen LogP contribution in [0.4, 0.5) is 13.2 Å². The number of alkyl halides is 3. The minimum Gasteiger partial charge on any atom is -0.374 e.